The molecular weight excluding hydrogens is 222 g/mol. The Bertz CT molecular complexity index is 286. The number of ether oxygens (including phenoxy) is 1. The van der Waals surface area contributed by atoms with Crippen LogP contribution < -0.4 is 5.32 Å². The number of nitrogens with one attached hydrogen (secondary N) is 1. The molecule has 1 atom stereocenters. The largest absolute Gasteiger partial charge is 0.481 e. The minimum absolute atomic E-state index is 0.00295. The van der Waals surface area contributed by atoms with E-state index >= 15 is 0 Å². The Labute approximate surface area is 102 Å². The number of rotatable bonds is 8. The highest BCUT2D eigenvalue weighted by atomic mass is 16.5. The summed E-state index contributed by atoms with van der Waals surface area (Å²) in [7, 11) is 0. The summed E-state index contributed by atoms with van der Waals surface area (Å²) < 4.78 is 5.30. The molecule has 0 aromatic carbocycles. The second kappa shape index (κ2) is 6.00. The summed E-state index contributed by atoms with van der Waals surface area (Å²) in [6.07, 6.45) is 1.82. The molecule has 0 bridgehead atoms. The third kappa shape index (κ3) is 4.34. The van der Waals surface area contributed by atoms with Crippen LogP contribution in [0.3, 0.4) is 0 Å². The summed E-state index contributed by atoms with van der Waals surface area (Å²) in [5, 5.41) is 11.4. The molecule has 1 rings (SSSR count). The van der Waals surface area contributed by atoms with Gasteiger partial charge >= 0.3 is 5.97 Å². The highest BCUT2D eigenvalue weighted by Crippen LogP contribution is 2.46. The van der Waals surface area contributed by atoms with Crippen LogP contribution in [0, 0.1) is 11.3 Å². The molecule has 0 aliphatic heterocycles. The van der Waals surface area contributed by atoms with Crippen molar-refractivity contribution >= 4 is 11.9 Å². The van der Waals surface area contributed by atoms with Crippen LogP contribution in [-0.2, 0) is 14.3 Å². The van der Waals surface area contributed by atoms with Crippen molar-refractivity contribution in [2.75, 3.05) is 19.8 Å². The molecule has 2 N–H and O–H groups in total. The van der Waals surface area contributed by atoms with Crippen molar-refractivity contribution in [3.63, 3.8) is 0 Å². The first-order valence-electron chi connectivity index (χ1n) is 6.08. The fraction of sp³-hybridized carbons (Fsp3) is 0.833. The molecule has 0 aromatic heterocycles. The van der Waals surface area contributed by atoms with Crippen LogP contribution in [0.15, 0.2) is 0 Å². The summed E-state index contributed by atoms with van der Waals surface area (Å²) in [6.45, 7) is 5.23. The first kappa shape index (κ1) is 14.0. The van der Waals surface area contributed by atoms with E-state index in [4.69, 9.17) is 9.84 Å². The lowest BCUT2D eigenvalue weighted by atomic mass is 10.1. The third-order valence-corrected chi connectivity index (χ3v) is 3.05. The number of hydrogen-bond acceptors (Lipinski definition) is 3. The predicted molar refractivity (Wildman–Crippen MR) is 62.6 cm³/mol. The summed E-state index contributed by atoms with van der Waals surface area (Å²) in [4.78, 5) is 22.4. The molecule has 0 saturated heterocycles. The fourth-order valence-electron chi connectivity index (χ4n) is 1.71. The van der Waals surface area contributed by atoms with Gasteiger partial charge in [-0.15, -0.1) is 0 Å². The zero-order chi connectivity index (χ0) is 12.9. The van der Waals surface area contributed by atoms with E-state index in [0.717, 1.165) is 12.8 Å². The number of carboxylic acid groups (broad SMARTS) is 1. The van der Waals surface area contributed by atoms with Gasteiger partial charge in [0, 0.05) is 19.6 Å². The van der Waals surface area contributed by atoms with Crippen LogP contribution in [0.1, 0.15) is 33.1 Å². The summed E-state index contributed by atoms with van der Waals surface area (Å²) in [6, 6.07) is 0. The van der Waals surface area contributed by atoms with E-state index in [9.17, 15) is 9.59 Å². The molecule has 17 heavy (non-hydrogen) atoms. The van der Waals surface area contributed by atoms with Crippen LogP contribution in [0.4, 0.5) is 0 Å². The fourth-order valence-corrected chi connectivity index (χ4v) is 1.71. The number of hydrogen-bond donors (Lipinski definition) is 2. The topological polar surface area (TPSA) is 75.6 Å². The Balaban J connectivity index is 2.27. The van der Waals surface area contributed by atoms with Gasteiger partial charge in [-0.1, -0.05) is 6.92 Å². The number of amides is 1. The highest BCUT2D eigenvalue weighted by molar-refractivity contribution is 5.85. The molecular formula is C12H21NO4. The summed E-state index contributed by atoms with van der Waals surface area (Å²) >= 11 is 0. The zero-order valence-electron chi connectivity index (χ0n) is 10.5. The Hall–Kier alpha value is -1.10. The summed E-state index contributed by atoms with van der Waals surface area (Å²) in [5.41, 5.74) is -0.334. The van der Waals surface area contributed by atoms with E-state index < -0.39 is 5.97 Å². The maximum Gasteiger partial charge on any atom is 0.303 e. The van der Waals surface area contributed by atoms with Crippen molar-refractivity contribution in [2.45, 2.75) is 33.1 Å². The third-order valence-electron chi connectivity index (χ3n) is 3.05. The van der Waals surface area contributed by atoms with Gasteiger partial charge in [0.25, 0.3) is 0 Å². The molecule has 0 heterocycles. The van der Waals surface area contributed by atoms with Crippen LogP contribution >= 0.6 is 0 Å². The van der Waals surface area contributed by atoms with Crippen molar-refractivity contribution in [3.05, 3.63) is 0 Å². The van der Waals surface area contributed by atoms with Crippen LogP contribution in [0.25, 0.3) is 0 Å². The average Bonchev–Trinajstić information content (AvgIpc) is 3.03. The lowest BCUT2D eigenvalue weighted by Crippen LogP contribution is -2.37. The Morgan fingerprint density at radius 3 is 2.59 bits per heavy atom. The van der Waals surface area contributed by atoms with Gasteiger partial charge in [-0.25, -0.2) is 0 Å². The van der Waals surface area contributed by atoms with Crippen molar-refractivity contribution in [1.29, 1.82) is 0 Å². The van der Waals surface area contributed by atoms with Crippen molar-refractivity contribution in [2.24, 2.45) is 11.3 Å². The van der Waals surface area contributed by atoms with Gasteiger partial charge in [-0.3, -0.25) is 9.59 Å². The molecule has 1 fully saturated rings. The van der Waals surface area contributed by atoms with Crippen molar-refractivity contribution in [1.82, 2.24) is 5.32 Å². The van der Waals surface area contributed by atoms with Gasteiger partial charge in [0.2, 0.25) is 5.91 Å². The highest BCUT2D eigenvalue weighted by Gasteiger charge is 2.49. The van der Waals surface area contributed by atoms with Gasteiger partial charge in [0.15, 0.2) is 0 Å². The second-order valence-corrected chi connectivity index (χ2v) is 4.83. The second-order valence-electron chi connectivity index (χ2n) is 4.83. The Morgan fingerprint density at radius 2 is 2.12 bits per heavy atom. The molecule has 5 heteroatoms. The standard InChI is InChI=1S/C12H21NO4/c1-3-17-8-12(4-5-12)11(16)13-7-9(2)6-10(14)15/h9H,3-8H2,1-2H3,(H,13,16)(H,14,15). The monoisotopic (exact) mass is 243 g/mol. The zero-order valence-corrected chi connectivity index (χ0v) is 10.5. The van der Waals surface area contributed by atoms with E-state index in [1.807, 2.05) is 13.8 Å². The van der Waals surface area contributed by atoms with Gasteiger partial charge in [0.05, 0.1) is 12.0 Å². The molecule has 0 spiro atoms. The lowest BCUT2D eigenvalue weighted by Gasteiger charge is -2.16. The number of carbonyl (C=O) groups is 2. The van der Waals surface area contributed by atoms with Gasteiger partial charge in [-0.2, -0.15) is 0 Å². The first-order valence-corrected chi connectivity index (χ1v) is 6.08. The SMILES string of the molecule is CCOCC1(C(=O)NCC(C)CC(=O)O)CC1. The number of carboxylic acids is 1. The minimum atomic E-state index is -0.831. The molecule has 1 amide bonds. The number of carbonyl (C=O) groups excluding carboxylic acids is 1. The predicted octanol–water partition coefficient (Wildman–Crippen LogP) is 1.03. The maximum absolute atomic E-state index is 11.9. The average molecular weight is 243 g/mol. The normalized spacial score (nSPS) is 18.5. The molecule has 98 valence electrons. The van der Waals surface area contributed by atoms with E-state index in [0.29, 0.717) is 19.8 Å². The molecule has 0 aromatic rings. The van der Waals surface area contributed by atoms with Crippen LogP contribution in [0.2, 0.25) is 0 Å². The molecule has 0 radical (unpaired) electrons. The lowest BCUT2D eigenvalue weighted by molar-refractivity contribution is -0.138. The molecule has 1 unspecified atom stereocenters. The molecule has 5 nitrogen and oxygen atoms in total. The minimum Gasteiger partial charge on any atom is -0.481 e. The van der Waals surface area contributed by atoms with E-state index in [-0.39, 0.29) is 23.7 Å². The van der Waals surface area contributed by atoms with Gasteiger partial charge < -0.3 is 15.2 Å². The van der Waals surface area contributed by atoms with Crippen LogP contribution in [-0.4, -0.2) is 36.7 Å². The quantitative estimate of drug-likeness (QED) is 0.667. The molecule has 1 saturated carbocycles. The number of aliphatic carboxylic acids is 1. The summed E-state index contributed by atoms with van der Waals surface area (Å²) in [5.74, 6) is -0.871. The van der Waals surface area contributed by atoms with Crippen molar-refractivity contribution in [3.8, 4) is 0 Å². The Morgan fingerprint density at radius 1 is 1.47 bits per heavy atom. The van der Waals surface area contributed by atoms with E-state index in [2.05, 4.69) is 5.32 Å². The van der Waals surface area contributed by atoms with Gasteiger partial charge in [-0.05, 0) is 25.7 Å². The Kier molecular flexibility index (Phi) is 4.93. The maximum atomic E-state index is 11.9. The molecule has 1 aliphatic carbocycles. The first-order chi connectivity index (χ1) is 8.00. The van der Waals surface area contributed by atoms with Crippen LogP contribution in [0.5, 0.6) is 0 Å². The smallest absolute Gasteiger partial charge is 0.303 e. The van der Waals surface area contributed by atoms with Gasteiger partial charge in [0.1, 0.15) is 0 Å². The van der Waals surface area contributed by atoms with Crippen molar-refractivity contribution < 1.29 is 19.4 Å². The van der Waals surface area contributed by atoms with E-state index in [1.54, 1.807) is 0 Å². The molecule has 1 aliphatic rings. The van der Waals surface area contributed by atoms with E-state index in [1.165, 1.54) is 0 Å².